The SMILES string of the molecule is Cc1ccc2c(=O)n3c4cccc5cccc(nc3c3ccc(C)c1c23)c54. The summed E-state index contributed by atoms with van der Waals surface area (Å²) < 4.78 is 1.79. The summed E-state index contributed by atoms with van der Waals surface area (Å²) in [5.41, 5.74) is 4.94. The number of hydrogen-bond acceptors (Lipinski definition) is 2. The fourth-order valence-electron chi connectivity index (χ4n) is 4.60. The van der Waals surface area contributed by atoms with Crippen LogP contribution in [-0.2, 0) is 0 Å². The lowest BCUT2D eigenvalue weighted by Crippen LogP contribution is -2.16. The fraction of sp³-hybridized carbons (Fsp3) is 0.0833. The Morgan fingerprint density at radius 1 is 0.741 bits per heavy atom. The molecule has 0 atom stereocenters. The van der Waals surface area contributed by atoms with E-state index in [2.05, 4.69) is 38.1 Å². The van der Waals surface area contributed by atoms with Crippen molar-refractivity contribution < 1.29 is 0 Å². The van der Waals surface area contributed by atoms with Gasteiger partial charge in [-0.3, -0.25) is 9.20 Å². The summed E-state index contributed by atoms with van der Waals surface area (Å²) in [5, 5.41) is 6.12. The molecule has 0 aliphatic heterocycles. The van der Waals surface area contributed by atoms with Crippen molar-refractivity contribution in [2.45, 2.75) is 13.8 Å². The van der Waals surface area contributed by atoms with Gasteiger partial charge in [-0.15, -0.1) is 0 Å². The number of fused-ring (bicyclic) bond motifs is 3. The lowest BCUT2D eigenvalue weighted by molar-refractivity contribution is 1.15. The first-order valence-corrected chi connectivity index (χ1v) is 9.13. The molecule has 2 heterocycles. The largest absolute Gasteiger partial charge is 0.268 e. The van der Waals surface area contributed by atoms with E-state index in [0.29, 0.717) is 0 Å². The van der Waals surface area contributed by atoms with Crippen LogP contribution in [0.15, 0.2) is 65.5 Å². The van der Waals surface area contributed by atoms with E-state index in [9.17, 15) is 4.79 Å². The molecular weight excluding hydrogens is 332 g/mol. The molecule has 0 unspecified atom stereocenters. The summed E-state index contributed by atoms with van der Waals surface area (Å²) in [6.07, 6.45) is 0. The molecule has 0 saturated carbocycles. The third-order valence-corrected chi connectivity index (χ3v) is 5.79. The van der Waals surface area contributed by atoms with Crippen LogP contribution in [-0.4, -0.2) is 9.38 Å². The second kappa shape index (κ2) is 4.83. The predicted octanol–water partition coefficient (Wildman–Crippen LogP) is 5.36. The van der Waals surface area contributed by atoms with Gasteiger partial charge in [-0.2, -0.15) is 0 Å². The molecule has 0 saturated heterocycles. The molecule has 128 valence electrons. The van der Waals surface area contributed by atoms with Crippen molar-refractivity contribution >= 4 is 49.0 Å². The Morgan fingerprint density at radius 3 is 2.22 bits per heavy atom. The smallest absolute Gasteiger partial charge is 0.264 e. The molecule has 0 aliphatic rings. The van der Waals surface area contributed by atoms with Gasteiger partial charge in [0.25, 0.3) is 5.56 Å². The Morgan fingerprint density at radius 2 is 1.44 bits per heavy atom. The highest BCUT2D eigenvalue weighted by atomic mass is 16.1. The van der Waals surface area contributed by atoms with Crippen molar-refractivity contribution in [3.8, 4) is 0 Å². The second-order valence-corrected chi connectivity index (χ2v) is 7.34. The highest BCUT2D eigenvalue weighted by Gasteiger charge is 2.17. The first-order valence-electron chi connectivity index (χ1n) is 9.13. The molecule has 6 rings (SSSR count). The monoisotopic (exact) mass is 348 g/mol. The molecule has 0 N–H and O–H groups in total. The van der Waals surface area contributed by atoms with Crippen LogP contribution < -0.4 is 5.56 Å². The van der Waals surface area contributed by atoms with Gasteiger partial charge in [0.05, 0.1) is 11.0 Å². The quantitative estimate of drug-likeness (QED) is 0.273. The van der Waals surface area contributed by atoms with Gasteiger partial charge in [0.2, 0.25) is 0 Å². The van der Waals surface area contributed by atoms with Gasteiger partial charge in [0.1, 0.15) is 5.65 Å². The maximum atomic E-state index is 13.6. The zero-order valence-corrected chi connectivity index (χ0v) is 15.1. The van der Waals surface area contributed by atoms with Crippen molar-refractivity contribution in [3.63, 3.8) is 0 Å². The van der Waals surface area contributed by atoms with Gasteiger partial charge >= 0.3 is 0 Å². The van der Waals surface area contributed by atoms with Crippen LogP contribution in [0, 0.1) is 13.8 Å². The van der Waals surface area contributed by atoms with Crippen molar-refractivity contribution in [3.05, 3.63) is 82.1 Å². The topological polar surface area (TPSA) is 34.4 Å². The zero-order valence-electron chi connectivity index (χ0n) is 15.1. The molecular formula is C24H16N2O. The van der Waals surface area contributed by atoms with Crippen LogP contribution in [0.4, 0.5) is 0 Å². The third kappa shape index (κ3) is 1.71. The molecule has 3 nitrogen and oxygen atoms in total. The molecule has 0 amide bonds. The Labute approximate surface area is 154 Å². The van der Waals surface area contributed by atoms with E-state index in [0.717, 1.165) is 49.0 Å². The predicted molar refractivity (Wildman–Crippen MR) is 112 cm³/mol. The van der Waals surface area contributed by atoms with Crippen molar-refractivity contribution in [1.82, 2.24) is 9.38 Å². The lowest BCUT2D eigenvalue weighted by atomic mass is 9.95. The van der Waals surface area contributed by atoms with Crippen LogP contribution in [0.1, 0.15) is 11.1 Å². The van der Waals surface area contributed by atoms with Crippen LogP contribution in [0.2, 0.25) is 0 Å². The highest BCUT2D eigenvalue weighted by molar-refractivity contribution is 6.18. The molecule has 27 heavy (non-hydrogen) atoms. The molecule has 2 aromatic heterocycles. The van der Waals surface area contributed by atoms with Crippen molar-refractivity contribution in [2.24, 2.45) is 0 Å². The summed E-state index contributed by atoms with van der Waals surface area (Å²) in [5.74, 6) is 0. The van der Waals surface area contributed by atoms with Crippen molar-refractivity contribution in [1.29, 1.82) is 0 Å². The lowest BCUT2D eigenvalue weighted by Gasteiger charge is -2.15. The van der Waals surface area contributed by atoms with Gasteiger partial charge in [0.15, 0.2) is 0 Å². The Hall–Kier alpha value is -3.46. The van der Waals surface area contributed by atoms with Gasteiger partial charge in [-0.1, -0.05) is 42.5 Å². The Bertz CT molecular complexity index is 1600. The summed E-state index contributed by atoms with van der Waals surface area (Å²) in [6, 6.07) is 20.5. The van der Waals surface area contributed by atoms with E-state index in [1.807, 2.05) is 36.4 Å². The summed E-state index contributed by atoms with van der Waals surface area (Å²) in [6.45, 7) is 4.21. The van der Waals surface area contributed by atoms with Gasteiger partial charge in [-0.05, 0) is 53.9 Å². The molecule has 0 spiro atoms. The standard InChI is InChI=1S/C24H16N2O/c1-13-9-11-16-22-17(12-10-14(2)20(13)22)24(27)26-19-8-4-6-15-5-3-7-18(21(15)19)25-23(16)26/h3-12H,1-2H3. The first kappa shape index (κ1) is 14.7. The number of benzene rings is 4. The number of aryl methyl sites for hydroxylation is 2. The maximum Gasteiger partial charge on any atom is 0.264 e. The van der Waals surface area contributed by atoms with Crippen LogP contribution in [0.25, 0.3) is 49.0 Å². The van der Waals surface area contributed by atoms with Crippen molar-refractivity contribution in [2.75, 3.05) is 0 Å². The minimum Gasteiger partial charge on any atom is -0.268 e. The molecule has 6 aromatic rings. The third-order valence-electron chi connectivity index (χ3n) is 5.79. The molecule has 3 heteroatoms. The van der Waals surface area contributed by atoms with E-state index in [-0.39, 0.29) is 5.56 Å². The van der Waals surface area contributed by atoms with E-state index in [1.54, 1.807) is 4.40 Å². The highest BCUT2D eigenvalue weighted by Crippen LogP contribution is 2.34. The summed E-state index contributed by atoms with van der Waals surface area (Å²) in [7, 11) is 0. The van der Waals surface area contributed by atoms with Gasteiger partial charge < -0.3 is 0 Å². The minimum atomic E-state index is -0.00106. The average Bonchev–Trinajstić information content (AvgIpc) is 2.68. The second-order valence-electron chi connectivity index (χ2n) is 7.34. The number of rotatable bonds is 0. The number of pyridine rings is 1. The zero-order chi connectivity index (χ0) is 18.3. The summed E-state index contributed by atoms with van der Waals surface area (Å²) in [4.78, 5) is 18.5. The van der Waals surface area contributed by atoms with Gasteiger partial charge in [0, 0.05) is 21.5 Å². The number of nitrogens with zero attached hydrogens (tertiary/aromatic N) is 2. The van der Waals surface area contributed by atoms with E-state index < -0.39 is 0 Å². The number of hydrogen-bond donors (Lipinski definition) is 0. The maximum absolute atomic E-state index is 13.6. The molecule has 0 aliphatic carbocycles. The molecule has 0 fully saturated rings. The fourth-order valence-corrected chi connectivity index (χ4v) is 4.60. The van der Waals surface area contributed by atoms with Crippen LogP contribution >= 0.6 is 0 Å². The molecule has 0 radical (unpaired) electrons. The van der Waals surface area contributed by atoms with Crippen LogP contribution in [0.5, 0.6) is 0 Å². The van der Waals surface area contributed by atoms with E-state index in [1.165, 1.54) is 11.1 Å². The molecule has 0 bridgehead atoms. The Balaban J connectivity index is 2.06. The average molecular weight is 348 g/mol. The minimum absolute atomic E-state index is 0.00106. The van der Waals surface area contributed by atoms with Crippen LogP contribution in [0.3, 0.4) is 0 Å². The first-order chi connectivity index (χ1) is 13.1. The molecule has 4 aromatic carbocycles. The summed E-state index contributed by atoms with van der Waals surface area (Å²) >= 11 is 0. The number of aromatic nitrogens is 2. The Kier molecular flexibility index (Phi) is 2.63. The van der Waals surface area contributed by atoms with Gasteiger partial charge in [-0.25, -0.2) is 4.98 Å². The normalized spacial score (nSPS) is 12.2. The van der Waals surface area contributed by atoms with E-state index >= 15 is 0 Å². The van der Waals surface area contributed by atoms with E-state index in [4.69, 9.17) is 4.98 Å².